The number of methoxy groups -OCH3 is 1. The number of nitrogens with one attached hydrogen (secondary N) is 1. The van der Waals surface area contributed by atoms with E-state index < -0.39 is 0 Å². The van der Waals surface area contributed by atoms with Crippen molar-refractivity contribution in [3.05, 3.63) is 58.9 Å². The molecule has 0 bridgehead atoms. The molecule has 2 aliphatic heterocycles. The van der Waals surface area contributed by atoms with Gasteiger partial charge in [-0.3, -0.25) is 10.4 Å². The quantitative estimate of drug-likeness (QED) is 0.499. The average molecular weight is 485 g/mol. The topological polar surface area (TPSA) is 90.5 Å². The third-order valence-corrected chi connectivity index (χ3v) is 7.10. The van der Waals surface area contributed by atoms with Gasteiger partial charge in [0, 0.05) is 43.0 Å². The van der Waals surface area contributed by atoms with Crippen molar-refractivity contribution in [1.82, 2.24) is 15.0 Å². The molecule has 8 heteroatoms. The fourth-order valence-electron chi connectivity index (χ4n) is 4.95. The van der Waals surface area contributed by atoms with Crippen molar-refractivity contribution < 1.29 is 9.15 Å². The number of oxazole rings is 1. The summed E-state index contributed by atoms with van der Waals surface area (Å²) in [4.78, 5) is 11.6. The van der Waals surface area contributed by atoms with E-state index in [-0.39, 0.29) is 5.41 Å². The summed E-state index contributed by atoms with van der Waals surface area (Å²) < 4.78 is 11.5. The Morgan fingerprint density at radius 3 is 2.58 bits per heavy atom. The van der Waals surface area contributed by atoms with E-state index >= 15 is 0 Å². The number of rotatable bonds is 5. The molecule has 1 fully saturated rings. The van der Waals surface area contributed by atoms with Crippen molar-refractivity contribution in [1.29, 1.82) is 5.26 Å². The van der Waals surface area contributed by atoms with Crippen LogP contribution in [0.15, 0.2) is 34.9 Å². The van der Waals surface area contributed by atoms with Crippen LogP contribution in [0, 0.1) is 37.5 Å². The Morgan fingerprint density at radius 2 is 1.92 bits per heavy atom. The molecule has 3 aromatic rings. The first-order valence-electron chi connectivity index (χ1n) is 12.3. The minimum Gasteiger partial charge on any atom is -0.494 e. The second kappa shape index (κ2) is 9.23. The first kappa shape index (κ1) is 23.7. The number of fused-ring (bicyclic) bond motifs is 1. The zero-order chi connectivity index (χ0) is 25.4. The smallest absolute Gasteiger partial charge is 0.192 e. The third kappa shape index (κ3) is 4.49. The number of piperidine rings is 1. The number of anilines is 2. The molecule has 0 amide bonds. The largest absolute Gasteiger partial charge is 0.494 e. The molecule has 36 heavy (non-hydrogen) atoms. The lowest BCUT2D eigenvalue weighted by atomic mass is 9.82. The lowest BCUT2D eigenvalue weighted by Gasteiger charge is -2.38. The van der Waals surface area contributed by atoms with Gasteiger partial charge in [-0.25, -0.2) is 9.97 Å². The molecule has 1 aromatic carbocycles. The van der Waals surface area contributed by atoms with Crippen molar-refractivity contribution in [3.63, 3.8) is 0 Å². The van der Waals surface area contributed by atoms with Gasteiger partial charge < -0.3 is 14.1 Å². The number of aryl methyl sites for hydroxylation is 3. The maximum atomic E-state index is 9.53. The van der Waals surface area contributed by atoms with Crippen LogP contribution < -0.4 is 15.1 Å². The summed E-state index contributed by atoms with van der Waals surface area (Å²) >= 11 is 0. The summed E-state index contributed by atoms with van der Waals surface area (Å²) in [6.07, 6.45) is 5.86. The molecular weight excluding hydrogens is 452 g/mol. The molecule has 186 valence electrons. The summed E-state index contributed by atoms with van der Waals surface area (Å²) in [6, 6.07) is 10.6. The molecule has 0 saturated carbocycles. The number of hydrazine groups is 1. The zero-order valence-corrected chi connectivity index (χ0v) is 21.6. The summed E-state index contributed by atoms with van der Waals surface area (Å²) in [5.41, 5.74) is 9.24. The maximum Gasteiger partial charge on any atom is 0.192 e. The number of nitriles is 1. The fraction of sp³-hybridized carbons (Fsp3) is 0.393. The van der Waals surface area contributed by atoms with E-state index in [1.165, 1.54) is 11.1 Å². The zero-order valence-electron chi connectivity index (χ0n) is 21.6. The average Bonchev–Trinajstić information content (AvgIpc) is 3.22. The molecule has 1 saturated heterocycles. The van der Waals surface area contributed by atoms with Gasteiger partial charge in [-0.2, -0.15) is 5.26 Å². The van der Waals surface area contributed by atoms with Gasteiger partial charge in [0.1, 0.15) is 11.6 Å². The fourth-order valence-corrected chi connectivity index (χ4v) is 4.95. The summed E-state index contributed by atoms with van der Waals surface area (Å²) in [5, 5.41) is 11.6. The molecule has 0 atom stereocenters. The van der Waals surface area contributed by atoms with Gasteiger partial charge in [-0.05, 0) is 69.5 Å². The molecule has 1 N–H and O–H groups in total. The number of aromatic nitrogens is 2. The number of hydrogen-bond acceptors (Lipinski definition) is 8. The maximum absolute atomic E-state index is 9.53. The molecule has 0 unspecified atom stereocenters. The highest BCUT2D eigenvalue weighted by Crippen LogP contribution is 2.37. The monoisotopic (exact) mass is 484 g/mol. The van der Waals surface area contributed by atoms with Crippen LogP contribution in [-0.2, 0) is 6.54 Å². The lowest BCUT2D eigenvalue weighted by Crippen LogP contribution is -2.40. The number of benzene rings is 1. The van der Waals surface area contributed by atoms with Crippen molar-refractivity contribution in [2.75, 3.05) is 30.5 Å². The number of pyridine rings is 1. The SMILES string of the molecule is COc1cc(-c2oc(C)nc2C)ccc1NN1C=Cc2cc(C)nc(N3CCC(C)(C#N)CC3)c2C1. The van der Waals surface area contributed by atoms with Gasteiger partial charge >= 0.3 is 0 Å². The van der Waals surface area contributed by atoms with E-state index in [0.29, 0.717) is 18.2 Å². The van der Waals surface area contributed by atoms with E-state index in [4.69, 9.17) is 14.1 Å². The molecule has 0 spiro atoms. The summed E-state index contributed by atoms with van der Waals surface area (Å²) in [5.74, 6) is 3.13. The number of hydrogen-bond donors (Lipinski definition) is 1. The Balaban J connectivity index is 1.38. The van der Waals surface area contributed by atoms with E-state index in [9.17, 15) is 5.26 Å². The summed E-state index contributed by atoms with van der Waals surface area (Å²) in [7, 11) is 1.67. The van der Waals surface area contributed by atoms with E-state index in [2.05, 4.69) is 40.4 Å². The molecule has 0 aliphatic carbocycles. The van der Waals surface area contributed by atoms with Gasteiger partial charge in [-0.1, -0.05) is 0 Å². The van der Waals surface area contributed by atoms with Gasteiger partial charge in [-0.15, -0.1) is 0 Å². The van der Waals surface area contributed by atoms with Gasteiger partial charge in [0.25, 0.3) is 0 Å². The molecule has 4 heterocycles. The van der Waals surface area contributed by atoms with Gasteiger partial charge in [0.05, 0.1) is 36.5 Å². The highest BCUT2D eigenvalue weighted by molar-refractivity contribution is 5.70. The first-order chi connectivity index (χ1) is 17.3. The van der Waals surface area contributed by atoms with Gasteiger partial charge in [0.2, 0.25) is 0 Å². The second-order valence-corrected chi connectivity index (χ2v) is 9.93. The minimum atomic E-state index is -0.250. The van der Waals surface area contributed by atoms with Crippen LogP contribution in [0.5, 0.6) is 5.75 Å². The number of ether oxygens (including phenoxy) is 1. The third-order valence-electron chi connectivity index (χ3n) is 7.10. The Hall–Kier alpha value is -3.99. The first-order valence-corrected chi connectivity index (χ1v) is 12.3. The molecular formula is C28H32N6O2. The van der Waals surface area contributed by atoms with Crippen LogP contribution in [-0.4, -0.2) is 35.2 Å². The second-order valence-electron chi connectivity index (χ2n) is 9.93. The van der Waals surface area contributed by atoms with Crippen molar-refractivity contribution in [3.8, 4) is 23.1 Å². The Kier molecular flexibility index (Phi) is 6.09. The van der Waals surface area contributed by atoms with E-state index in [0.717, 1.165) is 60.1 Å². The Bertz CT molecular complexity index is 1360. The molecule has 2 aliphatic rings. The standard InChI is InChI=1S/C28H32N6O2/c1-18-14-21-8-11-34(16-23(21)27(30-18)33-12-9-28(4,17-29)10-13-33)32-24-7-6-22(15-25(24)35-5)26-19(2)31-20(3)36-26/h6-8,11,14-15,32H,9-10,12-13,16H2,1-5H3. The Labute approximate surface area is 212 Å². The number of nitrogens with zero attached hydrogens (tertiary/aromatic N) is 5. The molecule has 5 rings (SSSR count). The van der Waals surface area contributed by atoms with Crippen molar-refractivity contribution >= 4 is 17.6 Å². The molecule has 0 radical (unpaired) electrons. The van der Waals surface area contributed by atoms with Gasteiger partial charge in [0.15, 0.2) is 11.7 Å². The molecule has 8 nitrogen and oxygen atoms in total. The van der Waals surface area contributed by atoms with E-state index in [1.807, 2.05) is 50.2 Å². The van der Waals surface area contributed by atoms with Crippen LogP contribution in [0.1, 0.15) is 48.2 Å². The van der Waals surface area contributed by atoms with Crippen LogP contribution >= 0.6 is 0 Å². The Morgan fingerprint density at radius 1 is 1.14 bits per heavy atom. The predicted octanol–water partition coefficient (Wildman–Crippen LogP) is 5.61. The highest BCUT2D eigenvalue weighted by atomic mass is 16.5. The highest BCUT2D eigenvalue weighted by Gasteiger charge is 2.32. The van der Waals surface area contributed by atoms with E-state index in [1.54, 1.807) is 7.11 Å². The van der Waals surface area contributed by atoms with Crippen LogP contribution in [0.3, 0.4) is 0 Å². The lowest BCUT2D eigenvalue weighted by molar-refractivity contribution is 0.335. The van der Waals surface area contributed by atoms with Crippen LogP contribution in [0.4, 0.5) is 11.5 Å². The van der Waals surface area contributed by atoms with Crippen LogP contribution in [0.2, 0.25) is 0 Å². The predicted molar refractivity (Wildman–Crippen MR) is 140 cm³/mol. The van der Waals surface area contributed by atoms with Crippen molar-refractivity contribution in [2.24, 2.45) is 5.41 Å². The van der Waals surface area contributed by atoms with Crippen molar-refractivity contribution in [2.45, 2.75) is 47.1 Å². The minimum absolute atomic E-state index is 0.250. The molecule has 2 aromatic heterocycles. The van der Waals surface area contributed by atoms with Crippen LogP contribution in [0.25, 0.3) is 17.4 Å². The summed E-state index contributed by atoms with van der Waals surface area (Å²) in [6.45, 7) is 10.2. The normalized spacial score (nSPS) is 16.4.